The van der Waals surface area contributed by atoms with Crippen molar-refractivity contribution in [1.82, 2.24) is 15.3 Å². The SMILES string of the molecule is COCCONC(=O)c1nn(C)c2ccccc12. The van der Waals surface area contributed by atoms with E-state index in [0.29, 0.717) is 18.9 Å². The Labute approximate surface area is 104 Å². The highest BCUT2D eigenvalue weighted by Crippen LogP contribution is 2.16. The second-order valence-electron chi connectivity index (χ2n) is 3.76. The normalized spacial score (nSPS) is 10.8. The van der Waals surface area contributed by atoms with Crippen LogP contribution in [0.5, 0.6) is 0 Å². The summed E-state index contributed by atoms with van der Waals surface area (Å²) in [4.78, 5) is 16.9. The van der Waals surface area contributed by atoms with Crippen molar-refractivity contribution in [3.05, 3.63) is 30.0 Å². The first-order valence-electron chi connectivity index (χ1n) is 5.57. The Morgan fingerprint density at radius 3 is 2.94 bits per heavy atom. The number of aryl methyl sites for hydroxylation is 1. The van der Waals surface area contributed by atoms with E-state index in [-0.39, 0.29) is 5.91 Å². The van der Waals surface area contributed by atoms with Crippen LogP contribution in [0.2, 0.25) is 0 Å². The van der Waals surface area contributed by atoms with Crippen molar-refractivity contribution in [3.63, 3.8) is 0 Å². The molecule has 0 atom stereocenters. The molecule has 1 heterocycles. The Hall–Kier alpha value is -1.92. The van der Waals surface area contributed by atoms with E-state index < -0.39 is 0 Å². The number of benzene rings is 1. The van der Waals surface area contributed by atoms with Crippen LogP contribution in [0.15, 0.2) is 24.3 Å². The van der Waals surface area contributed by atoms with Crippen molar-refractivity contribution in [2.75, 3.05) is 20.3 Å². The molecule has 18 heavy (non-hydrogen) atoms. The number of fused-ring (bicyclic) bond motifs is 1. The molecule has 0 saturated heterocycles. The van der Waals surface area contributed by atoms with E-state index in [9.17, 15) is 4.79 Å². The molecule has 6 nitrogen and oxygen atoms in total. The third kappa shape index (κ3) is 2.49. The number of hydrogen-bond acceptors (Lipinski definition) is 4. The Morgan fingerprint density at radius 2 is 2.17 bits per heavy atom. The van der Waals surface area contributed by atoms with Gasteiger partial charge in [0.15, 0.2) is 5.69 Å². The fraction of sp³-hybridized carbons (Fsp3) is 0.333. The minimum absolute atomic E-state index is 0.299. The van der Waals surface area contributed by atoms with E-state index in [1.165, 1.54) is 0 Å². The lowest BCUT2D eigenvalue weighted by atomic mass is 10.2. The van der Waals surface area contributed by atoms with Crippen molar-refractivity contribution < 1.29 is 14.4 Å². The summed E-state index contributed by atoms with van der Waals surface area (Å²) in [6, 6.07) is 7.53. The average Bonchev–Trinajstić information content (AvgIpc) is 2.73. The first-order chi connectivity index (χ1) is 8.74. The van der Waals surface area contributed by atoms with Gasteiger partial charge in [0.25, 0.3) is 5.91 Å². The third-order valence-electron chi connectivity index (χ3n) is 2.53. The van der Waals surface area contributed by atoms with Crippen LogP contribution in [0.25, 0.3) is 10.9 Å². The van der Waals surface area contributed by atoms with Crippen LogP contribution >= 0.6 is 0 Å². The summed E-state index contributed by atoms with van der Waals surface area (Å²) in [6.45, 7) is 0.719. The molecular weight excluding hydrogens is 234 g/mol. The summed E-state index contributed by atoms with van der Waals surface area (Å²) in [6.07, 6.45) is 0. The summed E-state index contributed by atoms with van der Waals surface area (Å²) < 4.78 is 6.47. The summed E-state index contributed by atoms with van der Waals surface area (Å²) in [5.41, 5.74) is 3.60. The summed E-state index contributed by atoms with van der Waals surface area (Å²) in [7, 11) is 3.36. The standard InChI is InChI=1S/C12H15N3O3/c1-15-10-6-4-3-5-9(10)11(13-15)12(16)14-18-8-7-17-2/h3-6H,7-8H2,1-2H3,(H,14,16). The zero-order valence-electron chi connectivity index (χ0n) is 10.3. The monoisotopic (exact) mass is 249 g/mol. The molecule has 0 bridgehead atoms. The Morgan fingerprint density at radius 1 is 1.39 bits per heavy atom. The van der Waals surface area contributed by atoms with Crippen LogP contribution in [0.1, 0.15) is 10.5 Å². The van der Waals surface area contributed by atoms with Gasteiger partial charge in [-0.05, 0) is 6.07 Å². The van der Waals surface area contributed by atoms with Crippen molar-refractivity contribution in [2.45, 2.75) is 0 Å². The molecule has 0 aliphatic heterocycles. The van der Waals surface area contributed by atoms with Gasteiger partial charge in [0, 0.05) is 19.5 Å². The maximum Gasteiger partial charge on any atom is 0.295 e. The fourth-order valence-corrected chi connectivity index (χ4v) is 1.67. The van der Waals surface area contributed by atoms with E-state index >= 15 is 0 Å². The Kier molecular flexibility index (Phi) is 3.91. The predicted molar refractivity (Wildman–Crippen MR) is 66.0 cm³/mol. The van der Waals surface area contributed by atoms with Crippen molar-refractivity contribution in [1.29, 1.82) is 0 Å². The maximum absolute atomic E-state index is 11.9. The van der Waals surface area contributed by atoms with E-state index in [1.807, 2.05) is 24.3 Å². The van der Waals surface area contributed by atoms with E-state index in [4.69, 9.17) is 9.57 Å². The lowest BCUT2D eigenvalue weighted by Crippen LogP contribution is -2.26. The number of amides is 1. The van der Waals surface area contributed by atoms with E-state index in [1.54, 1.807) is 18.8 Å². The number of rotatable bonds is 5. The van der Waals surface area contributed by atoms with Crippen molar-refractivity contribution in [3.8, 4) is 0 Å². The molecule has 0 unspecified atom stereocenters. The molecule has 0 fully saturated rings. The van der Waals surface area contributed by atoms with Gasteiger partial charge in [0.05, 0.1) is 18.7 Å². The van der Waals surface area contributed by atoms with Crippen LogP contribution in [0.4, 0.5) is 0 Å². The minimum Gasteiger partial charge on any atom is -0.382 e. The number of aromatic nitrogens is 2. The van der Waals surface area contributed by atoms with Gasteiger partial charge in [-0.25, -0.2) is 5.48 Å². The highest BCUT2D eigenvalue weighted by molar-refractivity contribution is 6.04. The molecule has 1 aromatic heterocycles. The average molecular weight is 249 g/mol. The van der Waals surface area contributed by atoms with Crippen LogP contribution in [-0.4, -0.2) is 36.0 Å². The van der Waals surface area contributed by atoms with E-state index in [0.717, 1.165) is 10.9 Å². The van der Waals surface area contributed by atoms with E-state index in [2.05, 4.69) is 10.6 Å². The van der Waals surface area contributed by atoms with Gasteiger partial charge in [-0.3, -0.25) is 14.3 Å². The molecular formula is C12H15N3O3. The zero-order chi connectivity index (χ0) is 13.0. The highest BCUT2D eigenvalue weighted by Gasteiger charge is 2.15. The summed E-state index contributed by atoms with van der Waals surface area (Å²) in [5, 5.41) is 4.98. The third-order valence-corrected chi connectivity index (χ3v) is 2.53. The number of ether oxygens (including phenoxy) is 1. The molecule has 2 aromatic rings. The largest absolute Gasteiger partial charge is 0.382 e. The zero-order valence-corrected chi connectivity index (χ0v) is 10.3. The summed E-state index contributed by atoms with van der Waals surface area (Å²) in [5.74, 6) is -0.358. The fourth-order valence-electron chi connectivity index (χ4n) is 1.67. The molecule has 0 aliphatic rings. The number of nitrogens with one attached hydrogen (secondary N) is 1. The molecule has 0 spiro atoms. The molecule has 96 valence electrons. The number of hydrogen-bond donors (Lipinski definition) is 1. The Bertz CT molecular complexity index is 550. The van der Waals surface area contributed by atoms with Crippen LogP contribution in [0.3, 0.4) is 0 Å². The smallest absolute Gasteiger partial charge is 0.295 e. The van der Waals surface area contributed by atoms with Crippen LogP contribution in [0, 0.1) is 0 Å². The molecule has 2 rings (SSSR count). The van der Waals surface area contributed by atoms with Gasteiger partial charge in [0.2, 0.25) is 0 Å². The lowest BCUT2D eigenvalue weighted by molar-refractivity contribution is 0.00864. The topological polar surface area (TPSA) is 65.4 Å². The molecule has 0 saturated carbocycles. The van der Waals surface area contributed by atoms with Gasteiger partial charge in [-0.15, -0.1) is 0 Å². The second kappa shape index (κ2) is 5.61. The molecule has 0 aliphatic carbocycles. The highest BCUT2D eigenvalue weighted by atomic mass is 16.7. The molecule has 1 N–H and O–H groups in total. The predicted octanol–water partition coefficient (Wildman–Crippen LogP) is 0.881. The van der Waals surface area contributed by atoms with Crippen molar-refractivity contribution in [2.24, 2.45) is 7.05 Å². The van der Waals surface area contributed by atoms with Crippen LogP contribution in [-0.2, 0) is 16.6 Å². The number of hydroxylamine groups is 1. The second-order valence-corrected chi connectivity index (χ2v) is 3.76. The molecule has 1 aromatic carbocycles. The number of nitrogens with zero attached hydrogens (tertiary/aromatic N) is 2. The first kappa shape index (κ1) is 12.5. The number of methoxy groups -OCH3 is 1. The lowest BCUT2D eigenvalue weighted by Gasteiger charge is -2.03. The Balaban J connectivity index is 2.13. The maximum atomic E-state index is 11.9. The molecule has 0 radical (unpaired) electrons. The minimum atomic E-state index is -0.358. The first-order valence-corrected chi connectivity index (χ1v) is 5.57. The van der Waals surface area contributed by atoms with Crippen LogP contribution < -0.4 is 5.48 Å². The van der Waals surface area contributed by atoms with Crippen molar-refractivity contribution >= 4 is 16.8 Å². The number of para-hydroxylation sites is 1. The van der Waals surface area contributed by atoms with Gasteiger partial charge >= 0.3 is 0 Å². The number of carbonyl (C=O) groups is 1. The molecule has 6 heteroatoms. The quantitative estimate of drug-likeness (QED) is 0.631. The van der Waals surface area contributed by atoms with Gasteiger partial charge in [-0.2, -0.15) is 5.10 Å². The van der Waals surface area contributed by atoms with Gasteiger partial charge in [-0.1, -0.05) is 18.2 Å². The van der Waals surface area contributed by atoms with Gasteiger partial charge < -0.3 is 4.74 Å². The summed E-state index contributed by atoms with van der Waals surface area (Å²) >= 11 is 0. The van der Waals surface area contributed by atoms with Gasteiger partial charge in [0.1, 0.15) is 0 Å². The number of carbonyl (C=O) groups excluding carboxylic acids is 1. The molecule has 1 amide bonds.